The van der Waals surface area contributed by atoms with Gasteiger partial charge in [0.25, 0.3) is 5.91 Å². The second-order valence-corrected chi connectivity index (χ2v) is 4.20. The van der Waals surface area contributed by atoms with Crippen molar-refractivity contribution < 1.29 is 14.3 Å². The van der Waals surface area contributed by atoms with Crippen molar-refractivity contribution in [2.45, 2.75) is 19.8 Å². The Labute approximate surface area is 106 Å². The smallest absolute Gasteiger partial charge is 0.258 e. The molecule has 0 aliphatic rings. The van der Waals surface area contributed by atoms with Gasteiger partial charge in [-0.2, -0.15) is 0 Å². The second kappa shape index (κ2) is 6.96. The van der Waals surface area contributed by atoms with Crippen LogP contribution in [0.4, 0.5) is 4.39 Å². The summed E-state index contributed by atoms with van der Waals surface area (Å²) in [5.41, 5.74) is 5.15. The molecule has 1 aromatic carbocycles. The molecular formula is C13H19FN2O2. The van der Waals surface area contributed by atoms with E-state index >= 15 is 0 Å². The minimum atomic E-state index is -0.723. The fourth-order valence-electron chi connectivity index (χ4n) is 1.75. The van der Waals surface area contributed by atoms with Crippen LogP contribution < -0.4 is 11.1 Å². The molecule has 0 heterocycles. The van der Waals surface area contributed by atoms with Crippen molar-refractivity contribution in [2.24, 2.45) is 11.7 Å². The highest BCUT2D eigenvalue weighted by atomic mass is 19.1. The van der Waals surface area contributed by atoms with E-state index in [1.807, 2.05) is 6.92 Å². The first-order chi connectivity index (χ1) is 8.60. The number of aromatic hydroxyl groups is 1. The summed E-state index contributed by atoms with van der Waals surface area (Å²) in [6.45, 7) is 2.99. The Morgan fingerprint density at radius 3 is 2.83 bits per heavy atom. The van der Waals surface area contributed by atoms with Crippen LogP contribution in [-0.4, -0.2) is 24.1 Å². The number of carbonyl (C=O) groups is 1. The molecule has 1 amide bonds. The number of phenols is 1. The lowest BCUT2D eigenvalue weighted by Crippen LogP contribution is -2.30. The zero-order chi connectivity index (χ0) is 13.5. The standard InChI is InChI=1S/C13H19FN2O2/c1-2-9(6-7-15)8-16-13(18)12-10(14)4-3-5-11(12)17/h3-5,9,17H,2,6-8,15H2,1H3,(H,16,18). The van der Waals surface area contributed by atoms with Gasteiger partial charge in [-0.05, 0) is 31.0 Å². The molecule has 18 heavy (non-hydrogen) atoms. The lowest BCUT2D eigenvalue weighted by Gasteiger charge is -2.15. The topological polar surface area (TPSA) is 75.3 Å². The lowest BCUT2D eigenvalue weighted by molar-refractivity contribution is 0.0939. The molecule has 0 aromatic heterocycles. The van der Waals surface area contributed by atoms with Gasteiger partial charge in [-0.25, -0.2) is 4.39 Å². The van der Waals surface area contributed by atoms with E-state index in [2.05, 4.69) is 5.32 Å². The number of carbonyl (C=O) groups excluding carboxylic acids is 1. The normalized spacial score (nSPS) is 12.2. The number of phenolic OH excluding ortho intramolecular Hbond substituents is 1. The fraction of sp³-hybridized carbons (Fsp3) is 0.462. The van der Waals surface area contributed by atoms with Crippen molar-refractivity contribution >= 4 is 5.91 Å². The number of hydrogen-bond acceptors (Lipinski definition) is 3. The highest BCUT2D eigenvalue weighted by molar-refractivity contribution is 5.97. The van der Waals surface area contributed by atoms with Gasteiger partial charge in [-0.15, -0.1) is 0 Å². The number of nitrogens with one attached hydrogen (secondary N) is 1. The van der Waals surface area contributed by atoms with Crippen LogP contribution in [0.2, 0.25) is 0 Å². The minimum Gasteiger partial charge on any atom is -0.507 e. The first-order valence-electron chi connectivity index (χ1n) is 6.05. The Morgan fingerprint density at radius 1 is 1.56 bits per heavy atom. The number of halogens is 1. The molecule has 0 spiro atoms. The Bertz CT molecular complexity index is 390. The highest BCUT2D eigenvalue weighted by Gasteiger charge is 2.17. The summed E-state index contributed by atoms with van der Waals surface area (Å²) in [5, 5.41) is 12.1. The van der Waals surface area contributed by atoms with E-state index in [4.69, 9.17) is 5.73 Å². The zero-order valence-electron chi connectivity index (χ0n) is 10.4. The molecule has 100 valence electrons. The molecule has 1 rings (SSSR count). The van der Waals surface area contributed by atoms with Crippen LogP contribution in [0.5, 0.6) is 5.75 Å². The molecule has 1 atom stereocenters. The van der Waals surface area contributed by atoms with E-state index in [1.54, 1.807) is 0 Å². The maximum Gasteiger partial charge on any atom is 0.258 e. The predicted molar refractivity (Wildman–Crippen MR) is 67.9 cm³/mol. The van der Waals surface area contributed by atoms with Crippen molar-refractivity contribution in [1.82, 2.24) is 5.32 Å². The lowest BCUT2D eigenvalue weighted by atomic mass is 10.0. The first-order valence-corrected chi connectivity index (χ1v) is 6.05. The third-order valence-electron chi connectivity index (χ3n) is 2.92. The van der Waals surface area contributed by atoms with E-state index in [0.717, 1.165) is 18.9 Å². The molecule has 5 heteroatoms. The predicted octanol–water partition coefficient (Wildman–Crippen LogP) is 1.64. The number of rotatable bonds is 6. The largest absolute Gasteiger partial charge is 0.507 e. The summed E-state index contributed by atoms with van der Waals surface area (Å²) >= 11 is 0. The molecule has 0 bridgehead atoms. The molecule has 0 saturated carbocycles. The Kier molecular flexibility index (Phi) is 5.58. The molecule has 0 saturated heterocycles. The van der Waals surface area contributed by atoms with Crippen LogP contribution in [0.3, 0.4) is 0 Å². The maximum absolute atomic E-state index is 13.4. The summed E-state index contributed by atoms with van der Waals surface area (Å²) in [6.07, 6.45) is 1.70. The number of benzene rings is 1. The molecule has 0 aliphatic carbocycles. The van der Waals surface area contributed by atoms with Gasteiger partial charge in [0, 0.05) is 6.54 Å². The first kappa shape index (κ1) is 14.4. The van der Waals surface area contributed by atoms with Gasteiger partial charge in [0.05, 0.1) is 0 Å². The van der Waals surface area contributed by atoms with E-state index in [0.29, 0.717) is 13.1 Å². The zero-order valence-corrected chi connectivity index (χ0v) is 10.4. The van der Waals surface area contributed by atoms with Crippen molar-refractivity contribution in [2.75, 3.05) is 13.1 Å². The summed E-state index contributed by atoms with van der Waals surface area (Å²) in [4.78, 5) is 11.8. The summed E-state index contributed by atoms with van der Waals surface area (Å²) in [6, 6.07) is 3.78. The van der Waals surface area contributed by atoms with Gasteiger partial charge in [0.15, 0.2) is 0 Å². The SMILES string of the molecule is CCC(CCN)CNC(=O)c1c(O)cccc1F. The Morgan fingerprint density at radius 2 is 2.28 bits per heavy atom. The van der Waals surface area contributed by atoms with Gasteiger partial charge in [0.1, 0.15) is 17.1 Å². The van der Waals surface area contributed by atoms with Crippen LogP contribution in [-0.2, 0) is 0 Å². The van der Waals surface area contributed by atoms with Crippen molar-refractivity contribution in [3.05, 3.63) is 29.6 Å². The number of hydrogen-bond donors (Lipinski definition) is 3. The highest BCUT2D eigenvalue weighted by Crippen LogP contribution is 2.19. The average molecular weight is 254 g/mol. The van der Waals surface area contributed by atoms with Gasteiger partial charge in [0.2, 0.25) is 0 Å². The average Bonchev–Trinajstić information content (AvgIpc) is 2.34. The molecular weight excluding hydrogens is 235 g/mol. The quantitative estimate of drug-likeness (QED) is 0.722. The van der Waals surface area contributed by atoms with Gasteiger partial charge >= 0.3 is 0 Å². The van der Waals surface area contributed by atoms with Crippen LogP contribution in [0, 0.1) is 11.7 Å². The van der Waals surface area contributed by atoms with Crippen LogP contribution in [0.25, 0.3) is 0 Å². The van der Waals surface area contributed by atoms with Gasteiger partial charge < -0.3 is 16.2 Å². The maximum atomic E-state index is 13.4. The molecule has 1 unspecified atom stereocenters. The summed E-state index contributed by atoms with van der Waals surface area (Å²) in [5.74, 6) is -1.40. The third-order valence-corrected chi connectivity index (χ3v) is 2.92. The molecule has 0 fully saturated rings. The molecule has 4 N–H and O–H groups in total. The van der Waals surface area contributed by atoms with Crippen LogP contribution in [0.1, 0.15) is 30.1 Å². The van der Waals surface area contributed by atoms with Gasteiger partial charge in [-0.1, -0.05) is 19.4 Å². The molecule has 0 aliphatic heterocycles. The Balaban J connectivity index is 2.65. The second-order valence-electron chi connectivity index (χ2n) is 4.20. The van der Waals surface area contributed by atoms with Gasteiger partial charge in [-0.3, -0.25) is 4.79 Å². The van der Waals surface area contributed by atoms with Crippen LogP contribution >= 0.6 is 0 Å². The molecule has 1 aromatic rings. The van der Waals surface area contributed by atoms with Crippen molar-refractivity contribution in [3.63, 3.8) is 0 Å². The number of amides is 1. The van der Waals surface area contributed by atoms with Crippen molar-refractivity contribution in [3.8, 4) is 5.75 Å². The van der Waals surface area contributed by atoms with Crippen LogP contribution in [0.15, 0.2) is 18.2 Å². The summed E-state index contributed by atoms with van der Waals surface area (Å²) in [7, 11) is 0. The molecule has 0 radical (unpaired) electrons. The monoisotopic (exact) mass is 254 g/mol. The van der Waals surface area contributed by atoms with E-state index in [9.17, 15) is 14.3 Å². The fourth-order valence-corrected chi connectivity index (χ4v) is 1.75. The minimum absolute atomic E-state index is 0.271. The molecule has 4 nitrogen and oxygen atoms in total. The van der Waals surface area contributed by atoms with E-state index in [-0.39, 0.29) is 17.2 Å². The van der Waals surface area contributed by atoms with E-state index < -0.39 is 11.7 Å². The number of nitrogens with two attached hydrogens (primary N) is 1. The van der Waals surface area contributed by atoms with Crippen molar-refractivity contribution in [1.29, 1.82) is 0 Å². The Hall–Kier alpha value is -1.62. The third kappa shape index (κ3) is 3.70. The van der Waals surface area contributed by atoms with E-state index in [1.165, 1.54) is 12.1 Å². The summed E-state index contributed by atoms with van der Waals surface area (Å²) < 4.78 is 13.4.